The van der Waals surface area contributed by atoms with E-state index in [1.54, 1.807) is 32.0 Å². The number of benzene rings is 1. The minimum Gasteiger partial charge on any atom is -0.329 e. The number of rotatable bonds is 4. The molecule has 0 atom stereocenters. The Labute approximate surface area is 110 Å². The summed E-state index contributed by atoms with van der Waals surface area (Å²) in [5.74, 6) is -0.627. The van der Waals surface area contributed by atoms with E-state index >= 15 is 0 Å². The number of carbonyl (C=O) groups is 1. The second kappa shape index (κ2) is 6.06. The predicted molar refractivity (Wildman–Crippen MR) is 66.9 cm³/mol. The van der Waals surface area contributed by atoms with E-state index in [2.05, 4.69) is 0 Å². The van der Waals surface area contributed by atoms with Crippen LogP contribution < -0.4 is 5.73 Å². The van der Waals surface area contributed by atoms with Crippen molar-refractivity contribution in [3.63, 3.8) is 0 Å². The van der Waals surface area contributed by atoms with Gasteiger partial charge in [0.05, 0.1) is 0 Å². The van der Waals surface area contributed by atoms with Crippen molar-refractivity contribution in [2.24, 2.45) is 5.73 Å². The van der Waals surface area contributed by atoms with E-state index in [1.807, 2.05) is 0 Å². The molecule has 106 valence electrons. The van der Waals surface area contributed by atoms with E-state index in [0.29, 0.717) is 16.7 Å². The highest BCUT2D eigenvalue weighted by Gasteiger charge is 2.33. The molecule has 0 aromatic heterocycles. The van der Waals surface area contributed by atoms with E-state index in [4.69, 9.17) is 5.73 Å². The Hall–Kier alpha value is -1.56. The van der Waals surface area contributed by atoms with Crippen molar-refractivity contribution in [3.8, 4) is 0 Å². The number of hydrogen-bond acceptors (Lipinski definition) is 2. The number of halogens is 3. The zero-order valence-electron chi connectivity index (χ0n) is 10.9. The lowest BCUT2D eigenvalue weighted by Crippen LogP contribution is -2.42. The fraction of sp³-hybridized carbons (Fsp3) is 0.462. The van der Waals surface area contributed by atoms with Crippen LogP contribution in [0, 0.1) is 13.8 Å². The lowest BCUT2D eigenvalue weighted by atomic mass is 10.0. The quantitative estimate of drug-likeness (QED) is 0.915. The Kier molecular flexibility index (Phi) is 4.94. The van der Waals surface area contributed by atoms with Crippen LogP contribution in [0.2, 0.25) is 0 Å². The molecule has 3 nitrogen and oxygen atoms in total. The Morgan fingerprint density at radius 3 is 2.21 bits per heavy atom. The summed E-state index contributed by atoms with van der Waals surface area (Å²) >= 11 is 0. The first-order valence-corrected chi connectivity index (χ1v) is 5.88. The molecule has 6 heteroatoms. The van der Waals surface area contributed by atoms with E-state index < -0.39 is 18.6 Å². The molecule has 0 bridgehead atoms. The lowest BCUT2D eigenvalue weighted by Gasteiger charge is -2.24. The number of nitrogens with zero attached hydrogens (tertiary/aromatic N) is 1. The van der Waals surface area contributed by atoms with E-state index in [-0.39, 0.29) is 13.1 Å². The van der Waals surface area contributed by atoms with Gasteiger partial charge in [-0.3, -0.25) is 4.79 Å². The SMILES string of the molecule is Cc1cccc(C)c1C(=O)N(CCN)CC(F)(F)F. The highest BCUT2D eigenvalue weighted by Crippen LogP contribution is 2.20. The summed E-state index contributed by atoms with van der Waals surface area (Å²) in [7, 11) is 0. The average Bonchev–Trinajstić information content (AvgIpc) is 2.26. The van der Waals surface area contributed by atoms with Gasteiger partial charge in [-0.25, -0.2) is 0 Å². The third-order valence-electron chi connectivity index (χ3n) is 2.75. The molecule has 0 radical (unpaired) electrons. The number of alkyl halides is 3. The summed E-state index contributed by atoms with van der Waals surface area (Å²) in [6, 6.07) is 5.17. The minimum absolute atomic E-state index is 0.00719. The van der Waals surface area contributed by atoms with Gasteiger partial charge in [0, 0.05) is 18.7 Å². The second-order valence-electron chi connectivity index (χ2n) is 4.40. The molecule has 0 spiro atoms. The molecule has 0 saturated carbocycles. The standard InChI is InChI=1S/C13H17F3N2O/c1-9-4-3-5-10(2)11(9)12(19)18(7-6-17)8-13(14,15)16/h3-5H,6-8,17H2,1-2H3. The molecule has 2 N–H and O–H groups in total. The molecule has 0 fully saturated rings. The molecule has 1 aromatic rings. The molecule has 19 heavy (non-hydrogen) atoms. The van der Waals surface area contributed by atoms with E-state index in [1.165, 1.54) is 0 Å². The van der Waals surface area contributed by atoms with Crippen LogP contribution in [0.5, 0.6) is 0 Å². The van der Waals surface area contributed by atoms with Crippen LogP contribution in [0.3, 0.4) is 0 Å². The van der Waals surface area contributed by atoms with Crippen molar-refractivity contribution < 1.29 is 18.0 Å². The first kappa shape index (κ1) is 15.5. The Balaban J connectivity index is 3.06. The third kappa shape index (κ3) is 4.24. The number of amides is 1. The molecule has 1 rings (SSSR count). The van der Waals surface area contributed by atoms with Crippen molar-refractivity contribution in [1.29, 1.82) is 0 Å². The maximum Gasteiger partial charge on any atom is 0.406 e. The van der Waals surface area contributed by atoms with Crippen LogP contribution in [0.1, 0.15) is 21.5 Å². The minimum atomic E-state index is -4.43. The fourth-order valence-corrected chi connectivity index (χ4v) is 1.93. The maximum atomic E-state index is 12.5. The largest absolute Gasteiger partial charge is 0.406 e. The van der Waals surface area contributed by atoms with E-state index in [0.717, 1.165) is 4.90 Å². The zero-order valence-corrected chi connectivity index (χ0v) is 10.9. The molecule has 0 saturated heterocycles. The summed E-state index contributed by atoms with van der Waals surface area (Å²) in [6.45, 7) is 2.00. The first-order valence-electron chi connectivity index (χ1n) is 5.88. The van der Waals surface area contributed by atoms with Crippen molar-refractivity contribution in [2.45, 2.75) is 20.0 Å². The number of nitrogens with two attached hydrogens (primary N) is 1. The van der Waals surface area contributed by atoms with Crippen LogP contribution in [0.4, 0.5) is 13.2 Å². The van der Waals surface area contributed by atoms with Gasteiger partial charge < -0.3 is 10.6 Å². The van der Waals surface area contributed by atoms with Gasteiger partial charge in [0.2, 0.25) is 0 Å². The third-order valence-corrected chi connectivity index (χ3v) is 2.75. The smallest absolute Gasteiger partial charge is 0.329 e. The normalized spacial score (nSPS) is 11.5. The molecule has 1 amide bonds. The van der Waals surface area contributed by atoms with Crippen LogP contribution in [0.15, 0.2) is 18.2 Å². The average molecular weight is 274 g/mol. The first-order chi connectivity index (χ1) is 8.76. The second-order valence-corrected chi connectivity index (χ2v) is 4.40. The van der Waals surface area contributed by atoms with Crippen LogP contribution >= 0.6 is 0 Å². The Morgan fingerprint density at radius 1 is 1.26 bits per heavy atom. The summed E-state index contributed by atoms with van der Waals surface area (Å²) < 4.78 is 37.4. The van der Waals surface area contributed by atoms with Gasteiger partial charge in [-0.2, -0.15) is 13.2 Å². The van der Waals surface area contributed by atoms with Gasteiger partial charge in [0.25, 0.3) is 5.91 Å². The number of aryl methyl sites for hydroxylation is 2. The Bertz CT molecular complexity index is 437. The van der Waals surface area contributed by atoms with Crippen molar-refractivity contribution in [1.82, 2.24) is 4.90 Å². The molecule has 0 aliphatic carbocycles. The summed E-state index contributed by atoms with van der Waals surface area (Å²) in [4.78, 5) is 13.0. The molecular weight excluding hydrogens is 257 g/mol. The van der Waals surface area contributed by atoms with Crippen LogP contribution in [-0.2, 0) is 0 Å². The van der Waals surface area contributed by atoms with E-state index in [9.17, 15) is 18.0 Å². The van der Waals surface area contributed by atoms with Crippen LogP contribution in [-0.4, -0.2) is 36.6 Å². The fourth-order valence-electron chi connectivity index (χ4n) is 1.93. The molecule has 0 heterocycles. The molecule has 0 aliphatic heterocycles. The molecule has 0 unspecified atom stereocenters. The van der Waals surface area contributed by atoms with Gasteiger partial charge >= 0.3 is 6.18 Å². The lowest BCUT2D eigenvalue weighted by molar-refractivity contribution is -0.140. The van der Waals surface area contributed by atoms with Crippen LogP contribution in [0.25, 0.3) is 0 Å². The number of carbonyl (C=O) groups excluding carboxylic acids is 1. The van der Waals surface area contributed by atoms with Crippen molar-refractivity contribution >= 4 is 5.91 Å². The summed E-state index contributed by atoms with van der Waals surface area (Å²) in [5, 5.41) is 0. The number of hydrogen-bond donors (Lipinski definition) is 1. The zero-order chi connectivity index (χ0) is 14.6. The monoisotopic (exact) mass is 274 g/mol. The Morgan fingerprint density at radius 2 is 1.79 bits per heavy atom. The van der Waals surface area contributed by atoms with Gasteiger partial charge in [-0.15, -0.1) is 0 Å². The van der Waals surface area contributed by atoms with Gasteiger partial charge in [-0.1, -0.05) is 18.2 Å². The van der Waals surface area contributed by atoms with Gasteiger partial charge in [0.1, 0.15) is 6.54 Å². The molecular formula is C13H17F3N2O. The van der Waals surface area contributed by atoms with Crippen molar-refractivity contribution in [3.05, 3.63) is 34.9 Å². The highest BCUT2D eigenvalue weighted by atomic mass is 19.4. The molecule has 1 aromatic carbocycles. The maximum absolute atomic E-state index is 12.5. The summed E-state index contributed by atoms with van der Waals surface area (Å²) in [6.07, 6.45) is -4.43. The van der Waals surface area contributed by atoms with Crippen molar-refractivity contribution in [2.75, 3.05) is 19.6 Å². The predicted octanol–water partition coefficient (Wildman–Crippen LogP) is 2.27. The summed E-state index contributed by atoms with van der Waals surface area (Å²) in [5.41, 5.74) is 6.92. The highest BCUT2D eigenvalue weighted by molar-refractivity contribution is 5.97. The van der Waals surface area contributed by atoms with Gasteiger partial charge in [0.15, 0.2) is 0 Å². The molecule has 0 aliphatic rings. The topological polar surface area (TPSA) is 46.3 Å². The van der Waals surface area contributed by atoms with Gasteiger partial charge in [-0.05, 0) is 25.0 Å².